The number of carbonyl (C=O) groups is 1. The number of carbonyl (C=O) groups excluding carboxylic acids is 1. The molecule has 0 atom stereocenters. The van der Waals surface area contributed by atoms with Crippen molar-refractivity contribution in [1.29, 1.82) is 0 Å². The van der Waals surface area contributed by atoms with Gasteiger partial charge in [0, 0.05) is 22.7 Å². The maximum absolute atomic E-state index is 12.7. The molecule has 0 radical (unpaired) electrons. The standard InChI is InChI=1S/C20H21NO5/c1-5-25-17-8-6-13(10-18(17)24-4)21-20(22)19-12(2)15-11-14(23-3)7-9-16(15)26-19/h6-11H,5H2,1-4H3,(H,21,22). The van der Waals surface area contributed by atoms with Crippen molar-refractivity contribution in [3.05, 3.63) is 47.7 Å². The van der Waals surface area contributed by atoms with Crippen LogP contribution in [0.4, 0.5) is 5.69 Å². The minimum absolute atomic E-state index is 0.265. The van der Waals surface area contributed by atoms with Crippen LogP contribution in [0.1, 0.15) is 23.0 Å². The zero-order valence-electron chi connectivity index (χ0n) is 15.2. The van der Waals surface area contributed by atoms with E-state index in [1.54, 1.807) is 44.6 Å². The molecule has 0 spiro atoms. The average molecular weight is 355 g/mol. The number of ether oxygens (including phenoxy) is 3. The lowest BCUT2D eigenvalue weighted by molar-refractivity contribution is 0.0998. The van der Waals surface area contributed by atoms with Crippen molar-refractivity contribution in [1.82, 2.24) is 0 Å². The number of anilines is 1. The van der Waals surface area contributed by atoms with Crippen LogP contribution >= 0.6 is 0 Å². The molecule has 0 aliphatic heterocycles. The van der Waals surface area contributed by atoms with Crippen molar-refractivity contribution < 1.29 is 23.4 Å². The van der Waals surface area contributed by atoms with E-state index in [9.17, 15) is 4.79 Å². The van der Waals surface area contributed by atoms with Gasteiger partial charge in [-0.3, -0.25) is 4.79 Å². The van der Waals surface area contributed by atoms with Gasteiger partial charge in [0.15, 0.2) is 17.3 Å². The molecule has 1 heterocycles. The van der Waals surface area contributed by atoms with E-state index >= 15 is 0 Å². The molecule has 2 aromatic carbocycles. The Bertz CT molecular complexity index is 945. The SMILES string of the molecule is CCOc1ccc(NC(=O)c2oc3ccc(OC)cc3c2C)cc1OC. The van der Waals surface area contributed by atoms with E-state index in [0.717, 1.165) is 10.9 Å². The highest BCUT2D eigenvalue weighted by Gasteiger charge is 2.19. The Morgan fingerprint density at radius 3 is 2.58 bits per heavy atom. The summed E-state index contributed by atoms with van der Waals surface area (Å²) in [4.78, 5) is 12.7. The summed E-state index contributed by atoms with van der Waals surface area (Å²) in [6.45, 7) is 4.27. The number of methoxy groups -OCH3 is 2. The fourth-order valence-corrected chi connectivity index (χ4v) is 2.75. The molecule has 6 nitrogen and oxygen atoms in total. The molecule has 136 valence electrons. The number of aryl methyl sites for hydroxylation is 1. The molecule has 0 fully saturated rings. The highest BCUT2D eigenvalue weighted by Crippen LogP contribution is 2.32. The Morgan fingerprint density at radius 2 is 1.88 bits per heavy atom. The second-order valence-electron chi connectivity index (χ2n) is 5.67. The van der Waals surface area contributed by atoms with E-state index < -0.39 is 0 Å². The Kier molecular flexibility index (Phi) is 5.02. The van der Waals surface area contributed by atoms with Crippen LogP contribution in [0.2, 0.25) is 0 Å². The van der Waals surface area contributed by atoms with Crippen LogP contribution in [0.5, 0.6) is 17.2 Å². The average Bonchev–Trinajstić information content (AvgIpc) is 2.99. The Hall–Kier alpha value is -3.15. The zero-order chi connectivity index (χ0) is 18.7. The first-order valence-electron chi connectivity index (χ1n) is 8.26. The maximum Gasteiger partial charge on any atom is 0.291 e. The van der Waals surface area contributed by atoms with Crippen LogP contribution < -0.4 is 19.5 Å². The maximum atomic E-state index is 12.7. The van der Waals surface area contributed by atoms with Gasteiger partial charge < -0.3 is 23.9 Å². The first kappa shape index (κ1) is 17.7. The van der Waals surface area contributed by atoms with Gasteiger partial charge in [0.05, 0.1) is 20.8 Å². The van der Waals surface area contributed by atoms with E-state index in [4.69, 9.17) is 18.6 Å². The quantitative estimate of drug-likeness (QED) is 0.709. The molecule has 1 amide bonds. The summed E-state index contributed by atoms with van der Waals surface area (Å²) in [7, 11) is 3.16. The Morgan fingerprint density at radius 1 is 1.08 bits per heavy atom. The van der Waals surface area contributed by atoms with E-state index in [2.05, 4.69) is 5.32 Å². The lowest BCUT2D eigenvalue weighted by Gasteiger charge is -2.11. The third-order valence-corrected chi connectivity index (χ3v) is 4.07. The smallest absolute Gasteiger partial charge is 0.291 e. The summed E-state index contributed by atoms with van der Waals surface area (Å²) < 4.78 is 21.8. The number of nitrogens with one attached hydrogen (secondary N) is 1. The molecule has 26 heavy (non-hydrogen) atoms. The highest BCUT2D eigenvalue weighted by molar-refractivity contribution is 6.06. The van der Waals surface area contributed by atoms with Gasteiger partial charge in [-0.25, -0.2) is 0 Å². The molecule has 3 rings (SSSR count). The van der Waals surface area contributed by atoms with Gasteiger partial charge in [0.1, 0.15) is 11.3 Å². The Labute approximate surface area is 151 Å². The highest BCUT2D eigenvalue weighted by atomic mass is 16.5. The van der Waals surface area contributed by atoms with E-state index in [-0.39, 0.29) is 11.7 Å². The van der Waals surface area contributed by atoms with Crippen molar-refractivity contribution in [3.8, 4) is 17.2 Å². The summed E-state index contributed by atoms with van der Waals surface area (Å²) in [5, 5.41) is 3.68. The number of hydrogen-bond donors (Lipinski definition) is 1. The number of rotatable bonds is 6. The van der Waals surface area contributed by atoms with Crippen molar-refractivity contribution in [2.24, 2.45) is 0 Å². The number of amides is 1. The molecule has 0 saturated carbocycles. The molecular formula is C20H21NO5. The van der Waals surface area contributed by atoms with Gasteiger partial charge in [0.25, 0.3) is 5.91 Å². The predicted octanol–water partition coefficient (Wildman–Crippen LogP) is 4.41. The zero-order valence-corrected chi connectivity index (χ0v) is 15.2. The van der Waals surface area contributed by atoms with Crippen LogP contribution in [-0.2, 0) is 0 Å². The second kappa shape index (κ2) is 7.39. The summed E-state index contributed by atoms with van der Waals surface area (Å²) >= 11 is 0. The monoisotopic (exact) mass is 355 g/mol. The fraction of sp³-hybridized carbons (Fsp3) is 0.250. The largest absolute Gasteiger partial charge is 0.497 e. The third kappa shape index (κ3) is 3.31. The van der Waals surface area contributed by atoms with Gasteiger partial charge in [0.2, 0.25) is 0 Å². The molecule has 0 saturated heterocycles. The van der Waals surface area contributed by atoms with Crippen molar-refractivity contribution in [2.75, 3.05) is 26.1 Å². The molecule has 1 aromatic heterocycles. The van der Waals surface area contributed by atoms with Crippen LogP contribution in [0.25, 0.3) is 11.0 Å². The summed E-state index contributed by atoms with van der Waals surface area (Å²) in [6, 6.07) is 10.7. The number of hydrogen-bond acceptors (Lipinski definition) is 5. The van der Waals surface area contributed by atoms with Crippen molar-refractivity contribution in [3.63, 3.8) is 0 Å². The molecule has 0 aliphatic carbocycles. The first-order chi connectivity index (χ1) is 12.6. The van der Waals surface area contributed by atoms with Crippen LogP contribution in [-0.4, -0.2) is 26.7 Å². The van der Waals surface area contributed by atoms with Gasteiger partial charge in [-0.2, -0.15) is 0 Å². The molecule has 0 aliphatic rings. The van der Waals surface area contributed by atoms with Crippen molar-refractivity contribution >= 4 is 22.6 Å². The predicted molar refractivity (Wildman–Crippen MR) is 99.6 cm³/mol. The number of fused-ring (bicyclic) bond motifs is 1. The van der Waals surface area contributed by atoms with E-state index in [1.165, 1.54) is 0 Å². The molecule has 0 bridgehead atoms. The molecule has 1 N–H and O–H groups in total. The number of furan rings is 1. The summed E-state index contributed by atoms with van der Waals surface area (Å²) in [6.07, 6.45) is 0. The van der Waals surface area contributed by atoms with Crippen LogP contribution in [0, 0.1) is 6.92 Å². The van der Waals surface area contributed by atoms with Gasteiger partial charge in [-0.05, 0) is 44.2 Å². The normalized spacial score (nSPS) is 10.6. The Balaban J connectivity index is 1.88. The molecular weight excluding hydrogens is 334 g/mol. The first-order valence-corrected chi connectivity index (χ1v) is 8.26. The van der Waals surface area contributed by atoms with Gasteiger partial charge in [-0.15, -0.1) is 0 Å². The lowest BCUT2D eigenvalue weighted by Crippen LogP contribution is -2.12. The van der Waals surface area contributed by atoms with Crippen molar-refractivity contribution in [2.45, 2.75) is 13.8 Å². The van der Waals surface area contributed by atoms with Gasteiger partial charge in [-0.1, -0.05) is 0 Å². The number of benzene rings is 2. The topological polar surface area (TPSA) is 69.9 Å². The molecule has 0 unspecified atom stereocenters. The van der Waals surface area contributed by atoms with Gasteiger partial charge >= 0.3 is 0 Å². The summed E-state index contributed by atoms with van der Waals surface area (Å²) in [5.74, 6) is 1.82. The van der Waals surface area contributed by atoms with Crippen LogP contribution in [0.15, 0.2) is 40.8 Å². The second-order valence-corrected chi connectivity index (χ2v) is 5.67. The van der Waals surface area contributed by atoms with E-state index in [0.29, 0.717) is 35.1 Å². The molecule has 3 aromatic rings. The van der Waals surface area contributed by atoms with Crippen LogP contribution in [0.3, 0.4) is 0 Å². The minimum atomic E-state index is -0.330. The fourth-order valence-electron chi connectivity index (χ4n) is 2.75. The lowest BCUT2D eigenvalue weighted by atomic mass is 10.1. The summed E-state index contributed by atoms with van der Waals surface area (Å²) in [5.41, 5.74) is 1.99. The minimum Gasteiger partial charge on any atom is -0.497 e. The molecule has 6 heteroatoms. The third-order valence-electron chi connectivity index (χ3n) is 4.07. The van der Waals surface area contributed by atoms with E-state index in [1.807, 2.05) is 19.9 Å².